The number of rotatable bonds is 5. The van der Waals surface area contributed by atoms with Crippen molar-refractivity contribution < 1.29 is 14.0 Å². The average molecular weight is 350 g/mol. The summed E-state index contributed by atoms with van der Waals surface area (Å²) in [5.74, 6) is 0. The summed E-state index contributed by atoms with van der Waals surface area (Å²) in [6, 6.07) is 9.85. The Morgan fingerprint density at radius 1 is 1.17 bits per heavy atom. The summed E-state index contributed by atoms with van der Waals surface area (Å²) in [5.41, 5.74) is 1.07. The molecule has 1 fully saturated rings. The zero-order valence-corrected chi connectivity index (χ0v) is 16.6. The maximum absolute atomic E-state index is 12.0. The molecule has 4 nitrogen and oxygen atoms in total. The number of hydrogen-bond acceptors (Lipinski definition) is 3. The molecule has 1 aliphatic rings. The van der Waals surface area contributed by atoms with Gasteiger partial charge in [0, 0.05) is 19.1 Å². The summed E-state index contributed by atoms with van der Waals surface area (Å²) in [6.45, 7) is 11.8. The van der Waals surface area contributed by atoms with E-state index in [2.05, 4.69) is 39.2 Å². The van der Waals surface area contributed by atoms with E-state index in [1.807, 2.05) is 30.3 Å². The Kier molecular flexibility index (Phi) is 6.10. The van der Waals surface area contributed by atoms with Gasteiger partial charge >= 0.3 is 6.09 Å². The van der Waals surface area contributed by atoms with E-state index in [1.165, 1.54) is 0 Å². The molecule has 24 heavy (non-hydrogen) atoms. The van der Waals surface area contributed by atoms with Gasteiger partial charge in [0.25, 0.3) is 0 Å². The standard InChI is InChI=1S/C19H31NO3Si/c1-19(2,3)24(4,5)23-17-12-11-16(13-17)22-18(21)20-14-15-9-7-6-8-10-15/h6-10,16-17H,11-14H2,1-5H3,(H,20,21)/t16-,17-/m1/s1. The average Bonchev–Trinajstić information content (AvgIpc) is 2.91. The fourth-order valence-electron chi connectivity index (χ4n) is 2.67. The van der Waals surface area contributed by atoms with Gasteiger partial charge in [0.1, 0.15) is 6.10 Å². The van der Waals surface area contributed by atoms with Gasteiger partial charge in [0.05, 0.1) is 0 Å². The summed E-state index contributed by atoms with van der Waals surface area (Å²) in [6.07, 6.45) is 2.53. The molecule has 1 aromatic rings. The van der Waals surface area contributed by atoms with E-state index in [0.717, 1.165) is 24.8 Å². The largest absolute Gasteiger partial charge is 0.446 e. The molecular weight excluding hydrogens is 318 g/mol. The van der Waals surface area contributed by atoms with Crippen molar-refractivity contribution in [3.63, 3.8) is 0 Å². The molecule has 0 bridgehead atoms. The van der Waals surface area contributed by atoms with Crippen molar-refractivity contribution in [2.24, 2.45) is 0 Å². The van der Waals surface area contributed by atoms with Crippen LogP contribution in [0.15, 0.2) is 30.3 Å². The van der Waals surface area contributed by atoms with Crippen LogP contribution >= 0.6 is 0 Å². The Bertz CT molecular complexity index is 539. The van der Waals surface area contributed by atoms with Crippen LogP contribution in [0.4, 0.5) is 4.79 Å². The third-order valence-corrected chi connectivity index (χ3v) is 9.69. The molecule has 0 aromatic heterocycles. The third kappa shape index (κ3) is 5.35. The quantitative estimate of drug-likeness (QED) is 0.773. The Balaban J connectivity index is 1.74. The lowest BCUT2D eigenvalue weighted by Crippen LogP contribution is -2.43. The Morgan fingerprint density at radius 3 is 2.42 bits per heavy atom. The van der Waals surface area contributed by atoms with Gasteiger partial charge in [0.2, 0.25) is 0 Å². The molecular formula is C19H31NO3Si. The van der Waals surface area contributed by atoms with Gasteiger partial charge in [-0.3, -0.25) is 0 Å². The highest BCUT2D eigenvalue weighted by atomic mass is 28.4. The Morgan fingerprint density at radius 2 is 1.79 bits per heavy atom. The number of ether oxygens (including phenoxy) is 1. The van der Waals surface area contributed by atoms with Crippen LogP contribution in [0.3, 0.4) is 0 Å². The number of benzene rings is 1. The molecule has 2 atom stereocenters. The zero-order chi connectivity index (χ0) is 17.8. The van der Waals surface area contributed by atoms with Crippen LogP contribution in [0.5, 0.6) is 0 Å². The molecule has 0 unspecified atom stereocenters. The van der Waals surface area contributed by atoms with Gasteiger partial charge < -0.3 is 14.5 Å². The molecule has 2 rings (SSSR count). The second kappa shape index (κ2) is 7.70. The Hall–Kier alpha value is -1.33. The topological polar surface area (TPSA) is 47.6 Å². The van der Waals surface area contributed by atoms with Crippen molar-refractivity contribution in [3.8, 4) is 0 Å². The first-order valence-electron chi connectivity index (χ1n) is 8.83. The second-order valence-corrected chi connectivity index (χ2v) is 12.9. The van der Waals surface area contributed by atoms with E-state index in [0.29, 0.717) is 6.54 Å². The molecule has 134 valence electrons. The van der Waals surface area contributed by atoms with E-state index < -0.39 is 8.32 Å². The van der Waals surface area contributed by atoms with Crippen LogP contribution in [0.1, 0.15) is 45.6 Å². The lowest BCUT2D eigenvalue weighted by Gasteiger charge is -2.38. The predicted molar refractivity (Wildman–Crippen MR) is 99.5 cm³/mol. The van der Waals surface area contributed by atoms with Gasteiger partial charge in [-0.15, -0.1) is 0 Å². The van der Waals surface area contributed by atoms with Crippen LogP contribution in [-0.2, 0) is 15.7 Å². The highest BCUT2D eigenvalue weighted by Gasteiger charge is 2.41. The van der Waals surface area contributed by atoms with Gasteiger partial charge in [-0.1, -0.05) is 51.1 Å². The van der Waals surface area contributed by atoms with E-state index in [9.17, 15) is 4.79 Å². The summed E-state index contributed by atoms with van der Waals surface area (Å²) in [5, 5.41) is 3.03. The van der Waals surface area contributed by atoms with Crippen molar-refractivity contribution >= 4 is 14.4 Å². The van der Waals surface area contributed by atoms with Crippen molar-refractivity contribution in [3.05, 3.63) is 35.9 Å². The van der Waals surface area contributed by atoms with Gasteiger partial charge in [0.15, 0.2) is 8.32 Å². The summed E-state index contributed by atoms with van der Waals surface area (Å²) in [7, 11) is -1.75. The summed E-state index contributed by atoms with van der Waals surface area (Å²) in [4.78, 5) is 12.0. The highest BCUT2D eigenvalue weighted by molar-refractivity contribution is 6.74. The lowest BCUT2D eigenvalue weighted by molar-refractivity contribution is 0.0901. The molecule has 5 heteroatoms. The molecule has 1 saturated carbocycles. The first kappa shape index (κ1) is 19.0. The first-order valence-corrected chi connectivity index (χ1v) is 11.7. The minimum atomic E-state index is -1.75. The second-order valence-electron chi connectivity index (χ2n) is 8.18. The van der Waals surface area contributed by atoms with Crippen LogP contribution < -0.4 is 5.32 Å². The number of carbonyl (C=O) groups is 1. The van der Waals surface area contributed by atoms with Crippen molar-refractivity contribution in [1.82, 2.24) is 5.32 Å². The smallest absolute Gasteiger partial charge is 0.407 e. The van der Waals surface area contributed by atoms with Crippen molar-refractivity contribution in [1.29, 1.82) is 0 Å². The van der Waals surface area contributed by atoms with Crippen LogP contribution in [0, 0.1) is 0 Å². The molecule has 0 radical (unpaired) electrons. The normalized spacial score (nSPS) is 21.5. The summed E-state index contributed by atoms with van der Waals surface area (Å²) < 4.78 is 12.0. The monoisotopic (exact) mass is 349 g/mol. The van der Waals surface area contributed by atoms with Crippen molar-refractivity contribution in [2.45, 2.75) is 76.9 Å². The predicted octanol–water partition coefficient (Wildman–Crippen LogP) is 4.86. The molecule has 1 aromatic carbocycles. The number of alkyl carbamates (subject to hydrolysis) is 1. The minimum Gasteiger partial charge on any atom is -0.446 e. The van der Waals surface area contributed by atoms with Gasteiger partial charge in [-0.2, -0.15) is 0 Å². The third-order valence-electron chi connectivity index (χ3n) is 5.16. The first-order chi connectivity index (χ1) is 11.2. The Labute approximate surface area is 147 Å². The summed E-state index contributed by atoms with van der Waals surface area (Å²) >= 11 is 0. The molecule has 1 N–H and O–H groups in total. The van der Waals surface area contributed by atoms with E-state index in [4.69, 9.17) is 9.16 Å². The van der Waals surface area contributed by atoms with E-state index >= 15 is 0 Å². The van der Waals surface area contributed by atoms with Crippen LogP contribution in [0.2, 0.25) is 18.1 Å². The van der Waals surface area contributed by atoms with E-state index in [1.54, 1.807) is 0 Å². The molecule has 0 spiro atoms. The number of nitrogens with one attached hydrogen (secondary N) is 1. The SMILES string of the molecule is CC(C)(C)[Si](C)(C)O[C@@H]1CC[C@@H](OC(=O)NCc2ccccc2)C1. The van der Waals surface area contributed by atoms with E-state index in [-0.39, 0.29) is 23.3 Å². The van der Waals surface area contributed by atoms with Gasteiger partial charge in [-0.25, -0.2) is 4.79 Å². The fourth-order valence-corrected chi connectivity index (χ4v) is 4.07. The lowest BCUT2D eigenvalue weighted by atomic mass is 10.2. The molecule has 0 aliphatic heterocycles. The van der Waals surface area contributed by atoms with Crippen LogP contribution in [0.25, 0.3) is 0 Å². The number of hydrogen-bond donors (Lipinski definition) is 1. The molecule has 0 heterocycles. The fraction of sp³-hybridized carbons (Fsp3) is 0.632. The molecule has 1 amide bonds. The molecule has 0 saturated heterocycles. The zero-order valence-electron chi connectivity index (χ0n) is 15.6. The number of amides is 1. The highest BCUT2D eigenvalue weighted by Crippen LogP contribution is 2.39. The maximum Gasteiger partial charge on any atom is 0.407 e. The van der Waals surface area contributed by atoms with Gasteiger partial charge in [-0.05, 0) is 36.5 Å². The van der Waals surface area contributed by atoms with Crippen molar-refractivity contribution in [2.75, 3.05) is 0 Å². The maximum atomic E-state index is 12.0. The molecule has 1 aliphatic carbocycles. The number of carbonyl (C=O) groups excluding carboxylic acids is 1. The van der Waals surface area contributed by atoms with Crippen LogP contribution in [-0.4, -0.2) is 26.6 Å². The minimum absolute atomic E-state index is 0.0319.